The first-order valence-corrected chi connectivity index (χ1v) is 24.7. The fraction of sp³-hybridized carbons (Fsp3) is 0.333. The topological polar surface area (TPSA) is 0 Å². The van der Waals surface area contributed by atoms with Gasteiger partial charge in [0.25, 0.3) is 0 Å². The van der Waals surface area contributed by atoms with Gasteiger partial charge < -0.3 is 0 Å². The molecule has 1 aliphatic carbocycles. The van der Waals surface area contributed by atoms with Crippen molar-refractivity contribution in [1.82, 2.24) is 0 Å². The molecule has 1 heteroatoms. The lowest BCUT2D eigenvalue weighted by Gasteiger charge is -2.39. The molecule has 61 heavy (non-hydrogen) atoms. The zero-order valence-corrected chi connectivity index (χ0v) is 40.6. The van der Waals surface area contributed by atoms with Crippen molar-refractivity contribution in [3.8, 4) is 0 Å². The van der Waals surface area contributed by atoms with Crippen LogP contribution in [-0.2, 0) is 35.5 Å². The predicted octanol–water partition coefficient (Wildman–Crippen LogP) is 13.7. The third-order valence-corrected chi connectivity index (χ3v) is 19.1. The van der Waals surface area contributed by atoms with Gasteiger partial charge in [0.05, 0.1) is 0 Å². The van der Waals surface area contributed by atoms with Crippen LogP contribution in [-0.4, -0.2) is 8.07 Å². The summed E-state index contributed by atoms with van der Waals surface area (Å²) in [6.07, 6.45) is 2.77. The van der Waals surface area contributed by atoms with E-state index in [9.17, 15) is 0 Å². The second-order valence-electron chi connectivity index (χ2n) is 21.3. The third kappa shape index (κ3) is 9.29. The molecule has 0 bridgehead atoms. The lowest BCUT2D eigenvalue weighted by Crippen LogP contribution is -2.69. The summed E-state index contributed by atoms with van der Waals surface area (Å²) in [7, 11) is -2.79. The van der Waals surface area contributed by atoms with E-state index in [-0.39, 0.29) is 16.2 Å². The van der Waals surface area contributed by atoms with Crippen LogP contribution in [0.2, 0.25) is 0 Å². The van der Waals surface area contributed by atoms with Crippen molar-refractivity contribution >= 4 is 23.6 Å². The van der Waals surface area contributed by atoms with Crippen LogP contribution in [0, 0.1) is 5.92 Å². The smallest absolute Gasteiger partial charge is 0.0636 e. The van der Waals surface area contributed by atoms with E-state index in [4.69, 9.17) is 0 Å². The maximum atomic E-state index is 2.50. The molecule has 1 atom stereocenters. The standard InChI is InChI=1S/C60H70Si/c1-41-42(2)44(4)57(43(41)3)61(54-32-20-48(21-33-54)38-45-14-26-51(27-15-45)58(5,6)7,55-34-22-49(23-35-55)39-46-16-28-52(29-17-46)59(8,9)10)56-36-24-50(25-37-56)40-47-18-30-53(31-19-47)60(11,12)13/h14-37,43H,38-40H2,1-13H3. The van der Waals surface area contributed by atoms with Crippen LogP contribution < -0.4 is 15.6 Å². The lowest BCUT2D eigenvalue weighted by molar-refractivity contribution is 0.590. The Morgan fingerprint density at radius 3 is 0.770 bits per heavy atom. The highest BCUT2D eigenvalue weighted by atomic mass is 28.3. The van der Waals surface area contributed by atoms with Gasteiger partial charge in [-0.25, -0.2) is 0 Å². The Morgan fingerprint density at radius 1 is 0.344 bits per heavy atom. The van der Waals surface area contributed by atoms with E-state index in [1.807, 2.05) is 0 Å². The predicted molar refractivity (Wildman–Crippen MR) is 268 cm³/mol. The first kappa shape index (κ1) is 44.1. The Hall–Kier alpha value is -4.98. The molecule has 0 N–H and O–H groups in total. The molecule has 0 radical (unpaired) electrons. The summed E-state index contributed by atoms with van der Waals surface area (Å²) in [6.45, 7) is 30.2. The summed E-state index contributed by atoms with van der Waals surface area (Å²) in [4.78, 5) is 0. The molecule has 0 amide bonds. The van der Waals surface area contributed by atoms with E-state index in [0.717, 1.165) is 19.3 Å². The molecule has 0 aromatic heterocycles. The van der Waals surface area contributed by atoms with Gasteiger partial charge in [0.15, 0.2) is 8.07 Å². The van der Waals surface area contributed by atoms with Gasteiger partial charge in [-0.05, 0) is 133 Å². The molecular weight excluding hydrogens is 749 g/mol. The number of benzene rings is 6. The van der Waals surface area contributed by atoms with Crippen LogP contribution >= 0.6 is 0 Å². The number of allylic oxidation sites excluding steroid dienone is 4. The monoisotopic (exact) mass is 819 g/mol. The quantitative estimate of drug-likeness (QED) is 0.0954. The lowest BCUT2D eigenvalue weighted by atomic mass is 9.86. The van der Waals surface area contributed by atoms with Gasteiger partial charge in [0, 0.05) is 0 Å². The van der Waals surface area contributed by atoms with Gasteiger partial charge in [-0.2, -0.15) is 0 Å². The van der Waals surface area contributed by atoms with Crippen LogP contribution in [0.1, 0.15) is 140 Å². The molecule has 0 saturated heterocycles. The van der Waals surface area contributed by atoms with Crippen molar-refractivity contribution in [2.75, 3.05) is 0 Å². The molecule has 0 saturated carbocycles. The first-order chi connectivity index (χ1) is 28.7. The molecule has 0 spiro atoms. The van der Waals surface area contributed by atoms with Crippen molar-refractivity contribution < 1.29 is 0 Å². The van der Waals surface area contributed by atoms with Crippen LogP contribution in [0.3, 0.4) is 0 Å². The maximum absolute atomic E-state index is 2.79. The van der Waals surface area contributed by atoms with Crippen molar-refractivity contribution in [1.29, 1.82) is 0 Å². The summed E-state index contributed by atoms with van der Waals surface area (Å²) in [5, 5.41) is 6.00. The largest absolute Gasteiger partial charge is 0.176 e. The molecule has 0 fully saturated rings. The molecule has 6 aromatic rings. The molecule has 0 aliphatic heterocycles. The molecule has 0 nitrogen and oxygen atoms in total. The Labute approximate surface area is 370 Å². The van der Waals surface area contributed by atoms with Gasteiger partial charge >= 0.3 is 0 Å². The van der Waals surface area contributed by atoms with E-state index in [2.05, 4.69) is 236 Å². The average molecular weight is 819 g/mol. The molecule has 6 aromatic carbocycles. The summed E-state index contributed by atoms with van der Waals surface area (Å²) >= 11 is 0. The summed E-state index contributed by atoms with van der Waals surface area (Å²) in [5.74, 6) is 0.356. The second kappa shape index (κ2) is 17.1. The van der Waals surface area contributed by atoms with E-state index in [1.54, 1.807) is 5.20 Å². The minimum atomic E-state index is -2.79. The van der Waals surface area contributed by atoms with Gasteiger partial charge in [-0.3, -0.25) is 0 Å². The van der Waals surface area contributed by atoms with Gasteiger partial charge in [0.2, 0.25) is 0 Å². The van der Waals surface area contributed by atoms with Crippen molar-refractivity contribution in [3.05, 3.63) is 218 Å². The van der Waals surface area contributed by atoms with Crippen molar-refractivity contribution in [3.63, 3.8) is 0 Å². The highest BCUT2D eigenvalue weighted by Gasteiger charge is 2.48. The summed E-state index contributed by atoms with van der Waals surface area (Å²) in [6, 6.07) is 57.3. The minimum absolute atomic E-state index is 0.149. The SMILES string of the molecule is CC1=C(C)C(C)C([Si](c2ccc(Cc3ccc(C(C)(C)C)cc3)cc2)(c2ccc(Cc3ccc(C(C)(C)C)cc3)cc2)c2ccc(Cc3ccc(C(C)(C)C)cc3)cc2)=C1C. The maximum Gasteiger partial charge on any atom is 0.176 e. The normalized spacial score (nSPS) is 15.2. The highest BCUT2D eigenvalue weighted by molar-refractivity contribution is 7.16. The zero-order chi connectivity index (χ0) is 43.9. The highest BCUT2D eigenvalue weighted by Crippen LogP contribution is 2.41. The van der Waals surface area contributed by atoms with E-state index in [1.165, 1.54) is 82.4 Å². The van der Waals surface area contributed by atoms with Crippen LogP contribution in [0.15, 0.2) is 168 Å². The van der Waals surface area contributed by atoms with Crippen LogP contribution in [0.25, 0.3) is 0 Å². The number of rotatable bonds is 10. The van der Waals surface area contributed by atoms with E-state index < -0.39 is 8.07 Å². The summed E-state index contributed by atoms with van der Waals surface area (Å²) < 4.78 is 0. The number of hydrogen-bond acceptors (Lipinski definition) is 0. The fourth-order valence-electron chi connectivity index (χ4n) is 9.63. The molecule has 1 aliphatic rings. The van der Waals surface area contributed by atoms with Crippen molar-refractivity contribution in [2.24, 2.45) is 5.92 Å². The molecule has 1 unspecified atom stereocenters. The second-order valence-corrected chi connectivity index (χ2v) is 25.1. The average Bonchev–Trinajstić information content (AvgIpc) is 3.41. The third-order valence-electron chi connectivity index (χ3n) is 13.9. The molecule has 0 heterocycles. The van der Waals surface area contributed by atoms with Gasteiger partial charge in [-0.1, -0.05) is 231 Å². The van der Waals surface area contributed by atoms with Gasteiger partial charge in [-0.15, -0.1) is 0 Å². The molecule has 7 rings (SSSR count). The Bertz CT molecular complexity index is 2250. The van der Waals surface area contributed by atoms with Crippen molar-refractivity contribution in [2.45, 2.75) is 126 Å². The fourth-order valence-corrected chi connectivity index (χ4v) is 15.2. The Kier molecular flexibility index (Phi) is 12.3. The summed E-state index contributed by atoms with van der Waals surface area (Å²) in [5.41, 5.74) is 17.2. The number of hydrogen-bond donors (Lipinski definition) is 0. The Balaban J connectivity index is 1.33. The van der Waals surface area contributed by atoms with Crippen LogP contribution in [0.5, 0.6) is 0 Å². The Morgan fingerprint density at radius 2 is 0.574 bits per heavy atom. The zero-order valence-electron chi connectivity index (χ0n) is 39.6. The molecular formula is C60H70Si. The van der Waals surface area contributed by atoms with E-state index >= 15 is 0 Å². The first-order valence-electron chi connectivity index (χ1n) is 22.7. The molecule has 314 valence electrons. The van der Waals surface area contributed by atoms with Crippen LogP contribution in [0.4, 0.5) is 0 Å². The van der Waals surface area contributed by atoms with E-state index in [0.29, 0.717) is 5.92 Å². The minimum Gasteiger partial charge on any atom is -0.0636 e. The van der Waals surface area contributed by atoms with Gasteiger partial charge in [0.1, 0.15) is 0 Å².